The lowest BCUT2D eigenvalue weighted by Crippen LogP contribution is -2.47. The lowest BCUT2D eigenvalue weighted by atomic mass is 9.84. The summed E-state index contributed by atoms with van der Waals surface area (Å²) in [4.78, 5) is 0. The van der Waals surface area contributed by atoms with Gasteiger partial charge in [-0.15, -0.1) is 0 Å². The highest BCUT2D eigenvalue weighted by Crippen LogP contribution is 2.31. The Hall–Kier alpha value is -1.26. The van der Waals surface area contributed by atoms with Crippen LogP contribution in [0.1, 0.15) is 25.7 Å². The minimum Gasteiger partial charge on any atom is -0.486 e. The van der Waals surface area contributed by atoms with Gasteiger partial charge in [-0.25, -0.2) is 0 Å². The van der Waals surface area contributed by atoms with Crippen molar-refractivity contribution >= 4 is 0 Å². The van der Waals surface area contributed by atoms with Crippen LogP contribution in [0.15, 0.2) is 24.3 Å². The molecule has 4 heteroatoms. The molecule has 1 heterocycles. The first-order valence-electron chi connectivity index (χ1n) is 7.69. The largest absolute Gasteiger partial charge is 0.486 e. The van der Waals surface area contributed by atoms with Crippen LogP contribution in [0.4, 0.5) is 0 Å². The van der Waals surface area contributed by atoms with E-state index in [1.165, 1.54) is 25.7 Å². The second kappa shape index (κ2) is 6.46. The molecule has 1 fully saturated rings. The lowest BCUT2D eigenvalue weighted by Gasteiger charge is -2.33. The van der Waals surface area contributed by atoms with Crippen LogP contribution in [0.3, 0.4) is 0 Å². The molecule has 1 aromatic rings. The topological polar surface area (TPSA) is 56.5 Å². The number of benzene rings is 1. The number of ether oxygens (including phenoxy) is 2. The third kappa shape index (κ3) is 3.07. The molecule has 1 aromatic carbocycles. The van der Waals surface area contributed by atoms with Crippen molar-refractivity contribution in [2.24, 2.45) is 11.7 Å². The third-order valence-electron chi connectivity index (χ3n) is 4.39. The van der Waals surface area contributed by atoms with Crippen LogP contribution >= 0.6 is 0 Å². The Morgan fingerprint density at radius 3 is 2.80 bits per heavy atom. The number of hydrogen-bond acceptors (Lipinski definition) is 4. The molecule has 110 valence electrons. The minimum atomic E-state index is 0.0882. The van der Waals surface area contributed by atoms with Crippen molar-refractivity contribution in [3.63, 3.8) is 0 Å². The molecule has 0 bridgehead atoms. The third-order valence-corrected chi connectivity index (χ3v) is 4.39. The molecule has 0 saturated heterocycles. The fraction of sp³-hybridized carbons (Fsp3) is 0.625. The summed E-state index contributed by atoms with van der Waals surface area (Å²) in [6, 6.07) is 8.39. The normalized spacial score (nSPS) is 29.1. The van der Waals surface area contributed by atoms with Crippen molar-refractivity contribution in [2.45, 2.75) is 37.8 Å². The van der Waals surface area contributed by atoms with Gasteiger partial charge in [0.05, 0.1) is 0 Å². The van der Waals surface area contributed by atoms with Crippen molar-refractivity contribution < 1.29 is 9.47 Å². The Morgan fingerprint density at radius 2 is 1.95 bits per heavy atom. The van der Waals surface area contributed by atoms with Gasteiger partial charge in [0.2, 0.25) is 0 Å². The maximum Gasteiger partial charge on any atom is 0.161 e. The molecule has 3 atom stereocenters. The number of rotatable bonds is 4. The summed E-state index contributed by atoms with van der Waals surface area (Å²) in [7, 11) is 0. The molecular weight excluding hydrogens is 252 g/mol. The summed E-state index contributed by atoms with van der Waals surface area (Å²) in [6.07, 6.45) is 5.19. The van der Waals surface area contributed by atoms with Crippen LogP contribution in [0, 0.1) is 5.92 Å². The zero-order chi connectivity index (χ0) is 13.8. The first kappa shape index (κ1) is 13.7. The van der Waals surface area contributed by atoms with Crippen LogP contribution in [0.25, 0.3) is 0 Å². The van der Waals surface area contributed by atoms with E-state index in [9.17, 15) is 0 Å². The first-order chi connectivity index (χ1) is 9.86. The van der Waals surface area contributed by atoms with Gasteiger partial charge in [0.15, 0.2) is 11.5 Å². The van der Waals surface area contributed by atoms with Crippen LogP contribution < -0.4 is 20.5 Å². The van der Waals surface area contributed by atoms with Gasteiger partial charge in [-0.3, -0.25) is 0 Å². The Kier molecular flexibility index (Phi) is 4.43. The van der Waals surface area contributed by atoms with Crippen molar-refractivity contribution in [2.75, 3.05) is 19.7 Å². The van der Waals surface area contributed by atoms with Gasteiger partial charge in [0, 0.05) is 12.6 Å². The molecule has 1 aliphatic carbocycles. The van der Waals surface area contributed by atoms with Crippen LogP contribution in [0.2, 0.25) is 0 Å². The molecule has 3 rings (SSSR count). The highest BCUT2D eigenvalue weighted by molar-refractivity contribution is 5.40. The van der Waals surface area contributed by atoms with Gasteiger partial charge in [-0.2, -0.15) is 0 Å². The molecule has 3 unspecified atom stereocenters. The van der Waals surface area contributed by atoms with Gasteiger partial charge in [0.1, 0.15) is 12.7 Å². The molecule has 20 heavy (non-hydrogen) atoms. The Labute approximate surface area is 120 Å². The summed E-state index contributed by atoms with van der Waals surface area (Å²) >= 11 is 0. The molecule has 0 spiro atoms. The summed E-state index contributed by atoms with van der Waals surface area (Å²) in [6.45, 7) is 2.22. The Bertz CT molecular complexity index is 438. The van der Waals surface area contributed by atoms with Crippen molar-refractivity contribution in [1.82, 2.24) is 5.32 Å². The van der Waals surface area contributed by atoms with E-state index in [0.717, 1.165) is 24.6 Å². The predicted octanol–water partition coefficient (Wildman–Crippen LogP) is 1.93. The van der Waals surface area contributed by atoms with E-state index in [1.807, 2.05) is 24.3 Å². The smallest absolute Gasteiger partial charge is 0.161 e. The summed E-state index contributed by atoms with van der Waals surface area (Å²) in [5.41, 5.74) is 5.87. The molecule has 3 N–H and O–H groups in total. The number of fused-ring (bicyclic) bond motifs is 1. The zero-order valence-corrected chi connectivity index (χ0v) is 11.9. The highest BCUT2D eigenvalue weighted by Gasteiger charge is 2.26. The van der Waals surface area contributed by atoms with Gasteiger partial charge in [-0.1, -0.05) is 25.0 Å². The second-order valence-electron chi connectivity index (χ2n) is 5.79. The van der Waals surface area contributed by atoms with Gasteiger partial charge in [0.25, 0.3) is 0 Å². The van der Waals surface area contributed by atoms with E-state index >= 15 is 0 Å². The van der Waals surface area contributed by atoms with E-state index in [2.05, 4.69) is 5.32 Å². The lowest BCUT2D eigenvalue weighted by molar-refractivity contribution is 0.0841. The average molecular weight is 276 g/mol. The number of nitrogens with one attached hydrogen (secondary N) is 1. The standard InChI is InChI=1S/C16H24N2O2/c17-9-12-5-1-2-6-14(12)18-10-13-11-19-15-7-3-4-8-16(15)20-13/h3-4,7-8,12-14,18H,1-2,5-6,9-11,17H2. The van der Waals surface area contributed by atoms with E-state index in [4.69, 9.17) is 15.2 Å². The first-order valence-corrected chi connectivity index (χ1v) is 7.69. The van der Waals surface area contributed by atoms with Gasteiger partial charge >= 0.3 is 0 Å². The average Bonchev–Trinajstić information content (AvgIpc) is 2.53. The molecule has 0 aromatic heterocycles. The summed E-state index contributed by atoms with van der Waals surface area (Å²) < 4.78 is 11.7. The zero-order valence-electron chi connectivity index (χ0n) is 11.9. The van der Waals surface area contributed by atoms with E-state index in [0.29, 0.717) is 18.6 Å². The van der Waals surface area contributed by atoms with Crippen LogP contribution in [-0.2, 0) is 0 Å². The SMILES string of the molecule is NCC1CCCCC1NCC1COc2ccccc2O1. The number of para-hydroxylation sites is 2. The fourth-order valence-corrected chi connectivity index (χ4v) is 3.21. The molecule has 1 saturated carbocycles. The Morgan fingerprint density at radius 1 is 1.15 bits per heavy atom. The van der Waals surface area contributed by atoms with E-state index in [-0.39, 0.29) is 6.10 Å². The van der Waals surface area contributed by atoms with Crippen molar-refractivity contribution in [1.29, 1.82) is 0 Å². The van der Waals surface area contributed by atoms with Gasteiger partial charge < -0.3 is 20.5 Å². The minimum absolute atomic E-state index is 0.0882. The Balaban J connectivity index is 1.52. The second-order valence-corrected chi connectivity index (χ2v) is 5.79. The number of hydrogen-bond donors (Lipinski definition) is 2. The van der Waals surface area contributed by atoms with Gasteiger partial charge in [-0.05, 0) is 37.4 Å². The quantitative estimate of drug-likeness (QED) is 0.882. The molecule has 0 radical (unpaired) electrons. The number of nitrogens with two attached hydrogens (primary N) is 1. The maximum atomic E-state index is 5.97. The molecule has 4 nitrogen and oxygen atoms in total. The molecule has 0 amide bonds. The summed E-state index contributed by atoms with van der Waals surface area (Å²) in [5, 5.41) is 3.64. The summed E-state index contributed by atoms with van der Waals surface area (Å²) in [5.74, 6) is 2.31. The highest BCUT2D eigenvalue weighted by atomic mass is 16.6. The molecule has 2 aliphatic rings. The van der Waals surface area contributed by atoms with Crippen molar-refractivity contribution in [3.05, 3.63) is 24.3 Å². The van der Waals surface area contributed by atoms with Crippen molar-refractivity contribution in [3.8, 4) is 11.5 Å². The van der Waals surface area contributed by atoms with Crippen LogP contribution in [0.5, 0.6) is 11.5 Å². The van der Waals surface area contributed by atoms with E-state index < -0.39 is 0 Å². The maximum absolute atomic E-state index is 5.97. The predicted molar refractivity (Wildman–Crippen MR) is 79.2 cm³/mol. The molecular formula is C16H24N2O2. The monoisotopic (exact) mass is 276 g/mol. The van der Waals surface area contributed by atoms with E-state index in [1.54, 1.807) is 0 Å². The molecule has 1 aliphatic heterocycles. The fourth-order valence-electron chi connectivity index (χ4n) is 3.21. The van der Waals surface area contributed by atoms with Crippen LogP contribution in [-0.4, -0.2) is 31.8 Å².